The second-order valence-electron chi connectivity index (χ2n) is 8.70. The van der Waals surface area contributed by atoms with Crippen LogP contribution in [0.5, 0.6) is 0 Å². The van der Waals surface area contributed by atoms with Crippen LogP contribution in [0.15, 0.2) is 18.5 Å². The van der Waals surface area contributed by atoms with Gasteiger partial charge in [0.25, 0.3) is 5.92 Å². The first-order valence-electron chi connectivity index (χ1n) is 9.73. The molecule has 3 saturated carbocycles. The van der Waals surface area contributed by atoms with Gasteiger partial charge in [0.15, 0.2) is 11.6 Å². The Kier molecular flexibility index (Phi) is 3.81. The van der Waals surface area contributed by atoms with Gasteiger partial charge in [-0.15, -0.1) is 0 Å². The molecule has 0 aliphatic heterocycles. The number of nitrogens with zero attached hydrogens (tertiary/aromatic N) is 2. The van der Waals surface area contributed by atoms with Crippen molar-refractivity contribution < 1.29 is 22.4 Å². The second-order valence-corrected chi connectivity index (χ2v) is 8.70. The average molecular weight is 395 g/mol. The molecule has 1 N–H and O–H groups in total. The van der Waals surface area contributed by atoms with Crippen LogP contribution in [0.25, 0.3) is 11.0 Å². The lowest BCUT2D eigenvalue weighted by molar-refractivity contribution is -0.133. The predicted octanol–water partition coefficient (Wildman–Crippen LogP) is 4.06. The van der Waals surface area contributed by atoms with E-state index < -0.39 is 23.6 Å². The fraction of sp³-hybridized carbons (Fsp3) is 0.600. The smallest absolute Gasteiger partial charge is 0.252 e. The highest BCUT2D eigenvalue weighted by Crippen LogP contribution is 2.64. The molecule has 3 aliphatic carbocycles. The lowest BCUT2D eigenvalue weighted by atomic mass is 9.87. The number of imidazole rings is 1. The van der Waals surface area contributed by atoms with Crippen LogP contribution in [-0.4, -0.2) is 27.4 Å². The van der Waals surface area contributed by atoms with Crippen LogP contribution in [0.2, 0.25) is 0 Å². The summed E-state index contributed by atoms with van der Waals surface area (Å²) in [6.45, 7) is 1.87. The van der Waals surface area contributed by atoms with Gasteiger partial charge in [-0.2, -0.15) is 0 Å². The van der Waals surface area contributed by atoms with Crippen molar-refractivity contribution in [1.29, 1.82) is 0 Å². The highest BCUT2D eigenvalue weighted by atomic mass is 19.3. The second kappa shape index (κ2) is 5.94. The topological polar surface area (TPSA) is 46.9 Å². The first-order chi connectivity index (χ1) is 13.2. The zero-order valence-corrected chi connectivity index (χ0v) is 15.3. The first-order valence-corrected chi connectivity index (χ1v) is 9.73. The molecule has 3 atom stereocenters. The third-order valence-electron chi connectivity index (χ3n) is 6.92. The van der Waals surface area contributed by atoms with Crippen molar-refractivity contribution in [3.63, 3.8) is 0 Å². The summed E-state index contributed by atoms with van der Waals surface area (Å²) < 4.78 is 54.8. The Morgan fingerprint density at radius 1 is 1.21 bits per heavy atom. The van der Waals surface area contributed by atoms with E-state index >= 15 is 0 Å². The van der Waals surface area contributed by atoms with E-state index in [0.717, 1.165) is 18.9 Å². The molecule has 1 amide bonds. The third kappa shape index (κ3) is 2.79. The third-order valence-corrected chi connectivity index (χ3v) is 6.92. The Morgan fingerprint density at radius 3 is 2.50 bits per heavy atom. The number of hydrogen-bond donors (Lipinski definition) is 1. The minimum Gasteiger partial charge on any atom is -0.353 e. The summed E-state index contributed by atoms with van der Waals surface area (Å²) in [6, 6.07) is 2.03. The first kappa shape index (κ1) is 17.9. The molecule has 2 aromatic rings. The zero-order valence-electron chi connectivity index (χ0n) is 15.3. The van der Waals surface area contributed by atoms with Gasteiger partial charge >= 0.3 is 0 Å². The number of amides is 1. The summed E-state index contributed by atoms with van der Waals surface area (Å²) in [4.78, 5) is 16.6. The molecular formula is C20H21F4N3O. The SMILES string of the molecule is CC(C(=O)NC1CC(F)(F)C1)C1C2CC(n3cnc4cc(F)c(F)cc43)CC21. The molecule has 3 fully saturated rings. The van der Waals surface area contributed by atoms with Gasteiger partial charge in [0, 0.05) is 43.0 Å². The van der Waals surface area contributed by atoms with Crippen molar-refractivity contribution in [2.45, 2.75) is 50.6 Å². The largest absolute Gasteiger partial charge is 0.353 e. The molecule has 8 heteroatoms. The van der Waals surface area contributed by atoms with Crippen molar-refractivity contribution in [3.05, 3.63) is 30.1 Å². The van der Waals surface area contributed by atoms with E-state index in [-0.39, 0.29) is 36.6 Å². The maximum absolute atomic E-state index is 13.6. The maximum Gasteiger partial charge on any atom is 0.252 e. The van der Waals surface area contributed by atoms with E-state index in [2.05, 4.69) is 10.3 Å². The monoisotopic (exact) mass is 395 g/mol. The van der Waals surface area contributed by atoms with Crippen LogP contribution >= 0.6 is 0 Å². The summed E-state index contributed by atoms with van der Waals surface area (Å²) in [6.07, 6.45) is 2.81. The fourth-order valence-corrected chi connectivity index (χ4v) is 5.42. The predicted molar refractivity (Wildman–Crippen MR) is 93.7 cm³/mol. The molecule has 1 aromatic carbocycles. The number of hydrogen-bond acceptors (Lipinski definition) is 2. The van der Waals surface area contributed by atoms with Crippen LogP contribution in [0, 0.1) is 35.3 Å². The Morgan fingerprint density at radius 2 is 1.86 bits per heavy atom. The number of carbonyl (C=O) groups is 1. The molecule has 5 rings (SSSR count). The molecule has 0 spiro atoms. The van der Waals surface area contributed by atoms with Crippen molar-refractivity contribution >= 4 is 16.9 Å². The number of benzene rings is 1. The van der Waals surface area contributed by atoms with E-state index in [1.54, 1.807) is 6.33 Å². The Bertz CT molecular complexity index is 938. The maximum atomic E-state index is 13.6. The number of fused-ring (bicyclic) bond motifs is 2. The van der Waals surface area contributed by atoms with Crippen molar-refractivity contribution in [2.75, 3.05) is 0 Å². The van der Waals surface area contributed by atoms with Gasteiger partial charge in [-0.1, -0.05) is 6.92 Å². The molecule has 4 nitrogen and oxygen atoms in total. The Hall–Kier alpha value is -2.12. The zero-order chi connectivity index (χ0) is 19.8. The molecule has 0 saturated heterocycles. The average Bonchev–Trinajstić information content (AvgIpc) is 2.92. The summed E-state index contributed by atoms with van der Waals surface area (Å²) >= 11 is 0. The summed E-state index contributed by atoms with van der Waals surface area (Å²) in [5.74, 6) is -3.70. The van der Waals surface area contributed by atoms with E-state index in [4.69, 9.17) is 0 Å². The molecule has 0 radical (unpaired) electrons. The molecule has 28 heavy (non-hydrogen) atoms. The summed E-state index contributed by atoms with van der Waals surface area (Å²) in [5.41, 5.74) is 1.01. The van der Waals surface area contributed by atoms with Crippen LogP contribution in [0.1, 0.15) is 38.6 Å². The summed E-state index contributed by atoms with van der Waals surface area (Å²) in [5, 5.41) is 2.75. The van der Waals surface area contributed by atoms with E-state index in [0.29, 0.717) is 22.9 Å². The van der Waals surface area contributed by atoms with Gasteiger partial charge in [-0.3, -0.25) is 4.79 Å². The Labute approximate surface area is 159 Å². The number of carbonyl (C=O) groups excluding carboxylic acids is 1. The minimum absolute atomic E-state index is 0.137. The van der Waals surface area contributed by atoms with Crippen molar-refractivity contribution in [2.24, 2.45) is 23.7 Å². The van der Waals surface area contributed by atoms with Gasteiger partial charge < -0.3 is 9.88 Å². The van der Waals surface area contributed by atoms with Gasteiger partial charge in [0.2, 0.25) is 5.91 Å². The number of aromatic nitrogens is 2. The van der Waals surface area contributed by atoms with Gasteiger partial charge in [-0.05, 0) is 30.6 Å². The quantitative estimate of drug-likeness (QED) is 0.794. The highest BCUT2D eigenvalue weighted by molar-refractivity contribution is 5.79. The lowest BCUT2D eigenvalue weighted by Crippen LogP contribution is -2.51. The normalized spacial score (nSPS) is 32.0. The van der Waals surface area contributed by atoms with E-state index in [1.165, 1.54) is 6.07 Å². The molecular weight excluding hydrogens is 374 g/mol. The molecule has 1 heterocycles. The molecule has 150 valence electrons. The molecule has 3 unspecified atom stereocenters. The fourth-order valence-electron chi connectivity index (χ4n) is 5.42. The lowest BCUT2D eigenvalue weighted by Gasteiger charge is -2.36. The van der Waals surface area contributed by atoms with Gasteiger partial charge in [0.05, 0.1) is 17.4 Å². The van der Waals surface area contributed by atoms with Crippen LogP contribution in [0.3, 0.4) is 0 Å². The van der Waals surface area contributed by atoms with Gasteiger partial charge in [-0.25, -0.2) is 22.5 Å². The number of nitrogens with one attached hydrogen (secondary N) is 1. The number of rotatable bonds is 4. The van der Waals surface area contributed by atoms with Crippen LogP contribution < -0.4 is 5.32 Å². The van der Waals surface area contributed by atoms with Crippen LogP contribution in [-0.2, 0) is 4.79 Å². The Balaban J connectivity index is 1.21. The van der Waals surface area contributed by atoms with Crippen molar-refractivity contribution in [3.8, 4) is 0 Å². The van der Waals surface area contributed by atoms with Crippen molar-refractivity contribution in [1.82, 2.24) is 14.9 Å². The molecule has 3 aliphatic rings. The number of halogens is 4. The van der Waals surface area contributed by atoms with Gasteiger partial charge in [0.1, 0.15) is 0 Å². The molecule has 0 bridgehead atoms. The van der Waals surface area contributed by atoms with E-state index in [9.17, 15) is 22.4 Å². The highest BCUT2D eigenvalue weighted by Gasteiger charge is 2.59. The van der Waals surface area contributed by atoms with Crippen LogP contribution in [0.4, 0.5) is 17.6 Å². The minimum atomic E-state index is -2.64. The molecule has 1 aromatic heterocycles. The van der Waals surface area contributed by atoms with E-state index in [1.807, 2.05) is 11.5 Å². The number of alkyl halides is 2. The summed E-state index contributed by atoms with van der Waals surface area (Å²) in [7, 11) is 0. The standard InChI is InChI=1S/C20H21F4N3O/c1-9(19(28)26-10-6-20(23,24)7-10)18-12-2-11(3-13(12)18)27-8-25-16-4-14(21)15(22)5-17(16)27/h4-5,8-13,18H,2-3,6-7H2,1H3,(H,26,28).